The normalized spacial score (nSPS) is 12.5. The standard InChI is InChI=1S/C22H20F6O4/c1-4-31-20(29)13(2)9-14-5-8-18(19(10-14)30-3)32-12-15-6-7-16(21(23,24)25)11-17(15)22(26,27)28/h5-11H,4,12H2,1-3H3/b13-9+. The molecule has 0 atom stereocenters. The van der Waals surface area contributed by atoms with E-state index in [0.29, 0.717) is 17.2 Å². The number of halogens is 6. The first-order valence-corrected chi connectivity index (χ1v) is 9.30. The molecule has 10 heteroatoms. The molecule has 0 unspecified atom stereocenters. The predicted molar refractivity (Wildman–Crippen MR) is 104 cm³/mol. The molecule has 0 bridgehead atoms. The zero-order valence-electron chi connectivity index (χ0n) is 17.4. The van der Waals surface area contributed by atoms with Gasteiger partial charge >= 0.3 is 18.3 Å². The molecule has 0 N–H and O–H groups in total. The lowest BCUT2D eigenvalue weighted by atomic mass is 10.0. The van der Waals surface area contributed by atoms with E-state index < -0.39 is 41.6 Å². The molecule has 32 heavy (non-hydrogen) atoms. The lowest BCUT2D eigenvalue weighted by Crippen LogP contribution is -2.14. The quantitative estimate of drug-likeness (QED) is 0.276. The molecule has 0 saturated carbocycles. The smallest absolute Gasteiger partial charge is 0.416 e. The van der Waals surface area contributed by atoms with Gasteiger partial charge in [-0.15, -0.1) is 0 Å². The maximum absolute atomic E-state index is 13.3. The molecule has 0 aliphatic heterocycles. The van der Waals surface area contributed by atoms with Gasteiger partial charge in [0.2, 0.25) is 0 Å². The van der Waals surface area contributed by atoms with Crippen LogP contribution in [0, 0.1) is 0 Å². The summed E-state index contributed by atoms with van der Waals surface area (Å²) < 4.78 is 93.8. The van der Waals surface area contributed by atoms with E-state index in [9.17, 15) is 31.1 Å². The Bertz CT molecular complexity index is 993. The Labute approximate surface area is 180 Å². The number of carbonyl (C=O) groups excluding carboxylic acids is 1. The number of esters is 1. The van der Waals surface area contributed by atoms with Crippen molar-refractivity contribution < 1.29 is 45.3 Å². The third kappa shape index (κ3) is 6.41. The fraction of sp³-hybridized carbons (Fsp3) is 0.318. The number of alkyl halides is 6. The number of hydrogen-bond acceptors (Lipinski definition) is 4. The van der Waals surface area contributed by atoms with Crippen molar-refractivity contribution in [3.8, 4) is 11.5 Å². The SMILES string of the molecule is CCOC(=O)/C(C)=C/c1ccc(OCc2ccc(C(F)(F)F)cc2C(F)(F)F)c(OC)c1. The minimum absolute atomic E-state index is 0.0575. The Kier molecular flexibility index (Phi) is 7.82. The van der Waals surface area contributed by atoms with Crippen LogP contribution in [-0.4, -0.2) is 19.7 Å². The van der Waals surface area contributed by atoms with Crippen molar-refractivity contribution in [2.75, 3.05) is 13.7 Å². The first-order chi connectivity index (χ1) is 14.9. The van der Waals surface area contributed by atoms with Crippen LogP contribution in [0.5, 0.6) is 11.5 Å². The van der Waals surface area contributed by atoms with Gasteiger partial charge in [0, 0.05) is 11.1 Å². The van der Waals surface area contributed by atoms with E-state index in [1.54, 1.807) is 13.8 Å². The molecule has 0 aliphatic carbocycles. The largest absolute Gasteiger partial charge is 0.493 e. The first-order valence-electron chi connectivity index (χ1n) is 9.30. The van der Waals surface area contributed by atoms with Crippen LogP contribution in [0.1, 0.15) is 36.1 Å². The molecular formula is C22H20F6O4. The Morgan fingerprint density at radius 1 is 0.969 bits per heavy atom. The van der Waals surface area contributed by atoms with Crippen molar-refractivity contribution in [3.05, 3.63) is 64.2 Å². The van der Waals surface area contributed by atoms with Gasteiger partial charge in [-0.3, -0.25) is 0 Å². The molecule has 174 valence electrons. The molecule has 0 aliphatic rings. The number of methoxy groups -OCH3 is 1. The van der Waals surface area contributed by atoms with E-state index in [-0.39, 0.29) is 24.2 Å². The third-order valence-electron chi connectivity index (χ3n) is 4.29. The molecule has 0 heterocycles. The highest BCUT2D eigenvalue weighted by Crippen LogP contribution is 2.38. The highest BCUT2D eigenvalue weighted by atomic mass is 19.4. The fourth-order valence-electron chi connectivity index (χ4n) is 2.75. The molecule has 4 nitrogen and oxygen atoms in total. The van der Waals surface area contributed by atoms with Crippen molar-refractivity contribution >= 4 is 12.0 Å². The van der Waals surface area contributed by atoms with E-state index in [2.05, 4.69) is 0 Å². The number of benzene rings is 2. The summed E-state index contributed by atoms with van der Waals surface area (Å²) in [5, 5.41) is 0. The van der Waals surface area contributed by atoms with E-state index in [4.69, 9.17) is 14.2 Å². The van der Waals surface area contributed by atoms with Gasteiger partial charge in [-0.05, 0) is 49.8 Å². The summed E-state index contributed by atoms with van der Waals surface area (Å²) in [6.07, 6.45) is -8.38. The average molecular weight is 462 g/mol. The molecular weight excluding hydrogens is 442 g/mol. The fourth-order valence-corrected chi connectivity index (χ4v) is 2.75. The van der Waals surface area contributed by atoms with Gasteiger partial charge in [0.1, 0.15) is 6.61 Å². The lowest BCUT2D eigenvalue weighted by molar-refractivity contribution is -0.143. The Balaban J connectivity index is 2.29. The van der Waals surface area contributed by atoms with Crippen molar-refractivity contribution in [2.45, 2.75) is 32.8 Å². The van der Waals surface area contributed by atoms with Crippen molar-refractivity contribution in [3.63, 3.8) is 0 Å². The molecule has 0 radical (unpaired) electrons. The Hall–Kier alpha value is -3.17. The Morgan fingerprint density at radius 2 is 1.66 bits per heavy atom. The lowest BCUT2D eigenvalue weighted by Gasteiger charge is -2.17. The second-order valence-corrected chi connectivity index (χ2v) is 6.61. The summed E-state index contributed by atoms with van der Waals surface area (Å²) in [5.74, 6) is -0.267. The van der Waals surface area contributed by atoms with E-state index in [0.717, 1.165) is 6.07 Å². The summed E-state index contributed by atoms with van der Waals surface area (Å²) in [7, 11) is 1.31. The minimum atomic E-state index is -5.00. The molecule has 2 rings (SSSR count). The molecule has 2 aromatic rings. The first kappa shape index (κ1) is 25.1. The van der Waals surface area contributed by atoms with Crippen LogP contribution < -0.4 is 9.47 Å². The van der Waals surface area contributed by atoms with Crippen LogP contribution in [0.25, 0.3) is 6.08 Å². The third-order valence-corrected chi connectivity index (χ3v) is 4.29. The van der Waals surface area contributed by atoms with Crippen LogP contribution in [-0.2, 0) is 28.5 Å². The number of hydrogen-bond donors (Lipinski definition) is 0. The topological polar surface area (TPSA) is 44.8 Å². The van der Waals surface area contributed by atoms with Gasteiger partial charge < -0.3 is 14.2 Å². The highest BCUT2D eigenvalue weighted by molar-refractivity contribution is 5.93. The van der Waals surface area contributed by atoms with Crippen LogP contribution >= 0.6 is 0 Å². The maximum Gasteiger partial charge on any atom is 0.416 e. The zero-order chi connectivity index (χ0) is 24.1. The number of ether oxygens (including phenoxy) is 3. The number of carbonyl (C=O) groups is 1. The molecule has 0 amide bonds. The van der Waals surface area contributed by atoms with E-state index in [1.807, 2.05) is 0 Å². The second kappa shape index (κ2) is 9.97. The number of rotatable bonds is 7. The second-order valence-electron chi connectivity index (χ2n) is 6.61. The summed E-state index contributed by atoms with van der Waals surface area (Å²) in [4.78, 5) is 11.7. The maximum atomic E-state index is 13.3. The van der Waals surface area contributed by atoms with Crippen molar-refractivity contribution in [2.24, 2.45) is 0 Å². The molecule has 0 aromatic heterocycles. The molecule has 0 fully saturated rings. The summed E-state index contributed by atoms with van der Waals surface area (Å²) in [6, 6.07) is 5.81. The van der Waals surface area contributed by atoms with Gasteiger partial charge in [-0.1, -0.05) is 12.1 Å². The van der Waals surface area contributed by atoms with Crippen molar-refractivity contribution in [1.29, 1.82) is 0 Å². The van der Waals surface area contributed by atoms with E-state index in [1.165, 1.54) is 31.4 Å². The minimum Gasteiger partial charge on any atom is -0.493 e. The zero-order valence-corrected chi connectivity index (χ0v) is 17.4. The van der Waals surface area contributed by atoms with Crippen LogP contribution in [0.2, 0.25) is 0 Å². The van der Waals surface area contributed by atoms with Gasteiger partial charge in [0.25, 0.3) is 0 Å². The highest BCUT2D eigenvalue weighted by Gasteiger charge is 2.38. The van der Waals surface area contributed by atoms with Gasteiger partial charge in [0.05, 0.1) is 24.8 Å². The summed E-state index contributed by atoms with van der Waals surface area (Å²) >= 11 is 0. The Morgan fingerprint density at radius 3 is 2.22 bits per heavy atom. The average Bonchev–Trinajstić information content (AvgIpc) is 2.71. The van der Waals surface area contributed by atoms with Crippen LogP contribution in [0.4, 0.5) is 26.3 Å². The van der Waals surface area contributed by atoms with Crippen LogP contribution in [0.3, 0.4) is 0 Å². The molecule has 0 spiro atoms. The van der Waals surface area contributed by atoms with Gasteiger partial charge in [-0.2, -0.15) is 26.3 Å². The summed E-state index contributed by atoms with van der Waals surface area (Å²) in [6.45, 7) is 2.80. The van der Waals surface area contributed by atoms with Gasteiger partial charge in [0.15, 0.2) is 11.5 Å². The van der Waals surface area contributed by atoms with Gasteiger partial charge in [-0.25, -0.2) is 4.79 Å². The van der Waals surface area contributed by atoms with Crippen LogP contribution in [0.15, 0.2) is 42.0 Å². The van der Waals surface area contributed by atoms with Crippen molar-refractivity contribution in [1.82, 2.24) is 0 Å². The molecule has 0 saturated heterocycles. The summed E-state index contributed by atoms with van der Waals surface area (Å²) in [5.41, 5.74) is -2.43. The molecule has 2 aromatic carbocycles. The van der Waals surface area contributed by atoms with E-state index >= 15 is 0 Å². The monoisotopic (exact) mass is 462 g/mol. The predicted octanol–water partition coefficient (Wildman–Crippen LogP) is 6.28.